The van der Waals surface area contributed by atoms with Gasteiger partial charge in [-0.25, -0.2) is 0 Å². The van der Waals surface area contributed by atoms with Gasteiger partial charge in [-0.1, -0.05) is 30.7 Å². The summed E-state index contributed by atoms with van der Waals surface area (Å²) in [6.45, 7) is 2.57. The van der Waals surface area contributed by atoms with Crippen LogP contribution in [0.25, 0.3) is 28.3 Å². The summed E-state index contributed by atoms with van der Waals surface area (Å²) in [7, 11) is 0. The van der Waals surface area contributed by atoms with Crippen LogP contribution < -0.4 is 11.1 Å². The lowest BCUT2D eigenvalue weighted by molar-refractivity contribution is 0.146. The zero-order chi connectivity index (χ0) is 22.9. The average Bonchev–Trinajstić information content (AvgIpc) is 3.54. The van der Waals surface area contributed by atoms with Gasteiger partial charge >= 0.3 is 0 Å². The quantitative estimate of drug-likeness (QED) is 0.396. The predicted molar refractivity (Wildman–Crippen MR) is 129 cm³/mol. The number of aromatic nitrogens is 6. The maximum atomic E-state index is 6.13. The van der Waals surface area contributed by atoms with Gasteiger partial charge in [0.1, 0.15) is 0 Å². The second-order valence-electron chi connectivity index (χ2n) is 8.53. The summed E-state index contributed by atoms with van der Waals surface area (Å²) in [6, 6.07) is 16.4. The van der Waals surface area contributed by atoms with Gasteiger partial charge in [-0.2, -0.15) is 19.5 Å². The number of furan rings is 1. The molecule has 0 saturated carbocycles. The van der Waals surface area contributed by atoms with E-state index in [-0.39, 0.29) is 5.95 Å². The smallest absolute Gasteiger partial charge is 0.259 e. The van der Waals surface area contributed by atoms with Crippen molar-refractivity contribution in [3.63, 3.8) is 0 Å². The fourth-order valence-corrected chi connectivity index (χ4v) is 4.51. The molecule has 34 heavy (non-hydrogen) atoms. The number of para-hydroxylation sites is 1. The van der Waals surface area contributed by atoms with Crippen LogP contribution >= 0.6 is 0 Å². The molecule has 5 heterocycles. The van der Waals surface area contributed by atoms with E-state index in [9.17, 15) is 0 Å². The Morgan fingerprint density at radius 2 is 1.94 bits per heavy atom. The van der Waals surface area contributed by atoms with E-state index < -0.39 is 0 Å². The summed E-state index contributed by atoms with van der Waals surface area (Å²) in [5, 5.41) is 8.88. The third-order valence-electron chi connectivity index (χ3n) is 6.24. The number of benzene rings is 1. The lowest BCUT2D eigenvalue weighted by atomic mass is 10.0. The lowest BCUT2D eigenvalue weighted by Crippen LogP contribution is -2.43. The molecule has 6 rings (SSSR count). The van der Waals surface area contributed by atoms with Crippen LogP contribution in [-0.4, -0.2) is 53.6 Å². The fraction of sp³-hybridized carbons (Fsp3) is 0.292. The molecule has 10 nitrogen and oxygen atoms in total. The normalized spacial score (nSPS) is 16.9. The van der Waals surface area contributed by atoms with Crippen molar-refractivity contribution >= 4 is 28.6 Å². The predicted octanol–water partition coefficient (Wildman–Crippen LogP) is 3.38. The molecule has 1 saturated heterocycles. The Morgan fingerprint density at radius 3 is 2.85 bits per heavy atom. The van der Waals surface area contributed by atoms with Crippen LogP contribution in [0.15, 0.2) is 59.2 Å². The number of hydrogen-bond acceptors (Lipinski definition) is 9. The Morgan fingerprint density at radius 1 is 1.00 bits per heavy atom. The molecule has 0 aliphatic carbocycles. The fourth-order valence-electron chi connectivity index (χ4n) is 4.51. The van der Waals surface area contributed by atoms with Gasteiger partial charge in [0.25, 0.3) is 5.78 Å². The summed E-state index contributed by atoms with van der Waals surface area (Å²) in [5.41, 5.74) is 8.25. The number of pyridine rings is 1. The summed E-state index contributed by atoms with van der Waals surface area (Å²) >= 11 is 0. The molecule has 0 bridgehead atoms. The van der Waals surface area contributed by atoms with Gasteiger partial charge < -0.3 is 15.5 Å². The van der Waals surface area contributed by atoms with Crippen LogP contribution in [0.1, 0.15) is 25.0 Å². The first kappa shape index (κ1) is 20.5. The Balaban J connectivity index is 1.18. The van der Waals surface area contributed by atoms with Gasteiger partial charge in [0.2, 0.25) is 17.7 Å². The molecule has 5 aromatic rings. The molecule has 4 aromatic heterocycles. The van der Waals surface area contributed by atoms with Crippen LogP contribution in [0.3, 0.4) is 0 Å². The molecule has 1 atom stereocenters. The highest BCUT2D eigenvalue weighted by molar-refractivity contribution is 5.78. The summed E-state index contributed by atoms with van der Waals surface area (Å²) in [5.74, 6) is 2.02. The zero-order valence-electron chi connectivity index (χ0n) is 18.6. The maximum Gasteiger partial charge on any atom is 0.259 e. The monoisotopic (exact) mass is 455 g/mol. The molecular formula is C24H25N9O. The largest absolute Gasteiger partial charge is 0.461 e. The topological polar surface area (TPSA) is 123 Å². The van der Waals surface area contributed by atoms with Crippen molar-refractivity contribution in [1.82, 2.24) is 34.4 Å². The third kappa shape index (κ3) is 4.03. The molecule has 3 N–H and O–H groups in total. The molecule has 1 aromatic carbocycles. The molecule has 1 aliphatic rings. The Bertz CT molecular complexity index is 1430. The Kier molecular flexibility index (Phi) is 5.27. The van der Waals surface area contributed by atoms with E-state index in [0.717, 1.165) is 36.1 Å². The highest BCUT2D eigenvalue weighted by Crippen LogP contribution is 2.22. The molecule has 1 unspecified atom stereocenters. The number of likely N-dealkylation sites (tertiary alicyclic amines) is 1. The van der Waals surface area contributed by atoms with Gasteiger partial charge in [0, 0.05) is 24.5 Å². The molecule has 10 heteroatoms. The van der Waals surface area contributed by atoms with E-state index in [0.29, 0.717) is 35.9 Å². The third-order valence-corrected chi connectivity index (χ3v) is 6.24. The van der Waals surface area contributed by atoms with Crippen molar-refractivity contribution in [2.45, 2.75) is 31.8 Å². The van der Waals surface area contributed by atoms with Crippen molar-refractivity contribution in [3.05, 3.63) is 60.5 Å². The van der Waals surface area contributed by atoms with E-state index in [4.69, 9.17) is 15.1 Å². The number of nitrogen functional groups attached to an aromatic ring is 1. The number of nitrogens with zero attached hydrogens (tertiary/aromatic N) is 7. The molecule has 1 fully saturated rings. The van der Waals surface area contributed by atoms with Crippen LogP contribution in [0.2, 0.25) is 0 Å². The minimum absolute atomic E-state index is 0.221. The summed E-state index contributed by atoms with van der Waals surface area (Å²) in [6.07, 6.45) is 5.07. The van der Waals surface area contributed by atoms with Gasteiger partial charge in [0.05, 0.1) is 17.5 Å². The number of nitrogens with two attached hydrogens (primary N) is 1. The van der Waals surface area contributed by atoms with E-state index in [2.05, 4.69) is 54.5 Å². The van der Waals surface area contributed by atoms with E-state index in [1.807, 2.05) is 12.1 Å². The molecule has 0 spiro atoms. The number of anilines is 2. The minimum atomic E-state index is 0.221. The molecule has 172 valence electrons. The van der Waals surface area contributed by atoms with Gasteiger partial charge in [-0.3, -0.25) is 9.88 Å². The Hall–Kier alpha value is -4.05. The van der Waals surface area contributed by atoms with Crippen molar-refractivity contribution in [3.8, 4) is 11.6 Å². The van der Waals surface area contributed by atoms with Crippen LogP contribution in [0.4, 0.5) is 11.9 Å². The number of hydrogen-bond donors (Lipinski definition) is 2. The van der Waals surface area contributed by atoms with Gasteiger partial charge in [0.15, 0.2) is 5.76 Å². The summed E-state index contributed by atoms with van der Waals surface area (Å²) < 4.78 is 6.79. The van der Waals surface area contributed by atoms with E-state index in [1.54, 1.807) is 18.4 Å². The number of fused-ring (bicyclic) bond motifs is 2. The second-order valence-corrected chi connectivity index (χ2v) is 8.53. The molecule has 0 amide bonds. The van der Waals surface area contributed by atoms with Crippen molar-refractivity contribution in [1.29, 1.82) is 0 Å². The van der Waals surface area contributed by atoms with Crippen LogP contribution in [0.5, 0.6) is 0 Å². The van der Waals surface area contributed by atoms with E-state index >= 15 is 0 Å². The number of piperidine rings is 1. The zero-order valence-corrected chi connectivity index (χ0v) is 18.6. The maximum absolute atomic E-state index is 6.13. The minimum Gasteiger partial charge on any atom is -0.461 e. The van der Waals surface area contributed by atoms with Gasteiger partial charge in [-0.15, -0.1) is 5.10 Å². The standard InChI is InChI=1S/C24H25N9O/c25-22-29-23(30-24-28-21(31-33(22)24)20-9-5-13-34-20)26-14-18-7-3-4-12-32(18)15-17-11-10-16-6-1-2-8-19(16)27-17/h1-2,5-6,8-11,13,18H,3-4,7,12,14-15H2,(H3,25,26,28,29,30,31). The molecule has 1 aliphatic heterocycles. The van der Waals surface area contributed by atoms with Crippen molar-refractivity contribution in [2.24, 2.45) is 0 Å². The number of rotatable bonds is 6. The first-order chi connectivity index (χ1) is 16.7. The lowest BCUT2D eigenvalue weighted by Gasteiger charge is -2.35. The second kappa shape index (κ2) is 8.71. The summed E-state index contributed by atoms with van der Waals surface area (Å²) in [4.78, 5) is 20.7. The SMILES string of the molecule is Nc1nc(NCC2CCCCN2Cc2ccc3ccccc3n2)nc2nc(-c3ccco3)nn12. The van der Waals surface area contributed by atoms with E-state index in [1.165, 1.54) is 17.4 Å². The first-order valence-corrected chi connectivity index (χ1v) is 11.5. The molecule has 0 radical (unpaired) electrons. The van der Waals surface area contributed by atoms with Crippen LogP contribution in [-0.2, 0) is 6.54 Å². The average molecular weight is 456 g/mol. The highest BCUT2D eigenvalue weighted by Gasteiger charge is 2.23. The first-order valence-electron chi connectivity index (χ1n) is 11.5. The number of nitrogens with one attached hydrogen (secondary N) is 1. The molecular weight excluding hydrogens is 430 g/mol. The Labute approximate surface area is 195 Å². The highest BCUT2D eigenvalue weighted by atomic mass is 16.3. The van der Waals surface area contributed by atoms with Crippen molar-refractivity contribution < 1.29 is 4.42 Å². The van der Waals surface area contributed by atoms with Crippen molar-refractivity contribution in [2.75, 3.05) is 24.1 Å². The van der Waals surface area contributed by atoms with Crippen LogP contribution in [0, 0.1) is 0 Å². The van der Waals surface area contributed by atoms with Gasteiger partial charge in [-0.05, 0) is 43.7 Å².